The third kappa shape index (κ3) is 3.68. The van der Waals surface area contributed by atoms with E-state index >= 15 is 0 Å². The average molecular weight is 367 g/mol. The third-order valence-corrected chi connectivity index (χ3v) is 4.04. The van der Waals surface area contributed by atoms with E-state index < -0.39 is 5.91 Å². The fourth-order valence-electron chi connectivity index (χ4n) is 2.43. The van der Waals surface area contributed by atoms with E-state index in [1.165, 1.54) is 12.1 Å². The summed E-state index contributed by atoms with van der Waals surface area (Å²) in [6.07, 6.45) is 0. The highest BCUT2D eigenvalue weighted by atomic mass is 35.5. The molecule has 0 aliphatic carbocycles. The summed E-state index contributed by atoms with van der Waals surface area (Å²) in [7, 11) is 0. The van der Waals surface area contributed by atoms with Gasteiger partial charge in [0.1, 0.15) is 17.2 Å². The summed E-state index contributed by atoms with van der Waals surface area (Å²) in [6, 6.07) is 19.7. The standard InChI is InChI=1S/C20H15ClN2O3/c21-16-10-4-1-7-13(16)20(26)23-22-19(14-8-2-5-11-17(14)24)15-9-3-6-12-18(15)25/h1-12,24-25H,(H,23,26). The molecule has 3 N–H and O–H groups in total. The summed E-state index contributed by atoms with van der Waals surface area (Å²) in [5.74, 6) is -0.554. The van der Waals surface area contributed by atoms with Crippen molar-refractivity contribution < 1.29 is 15.0 Å². The predicted molar refractivity (Wildman–Crippen MR) is 101 cm³/mol. The first-order valence-corrected chi connectivity index (χ1v) is 8.15. The van der Waals surface area contributed by atoms with Crippen LogP contribution in [0.25, 0.3) is 0 Å². The Kier molecular flexibility index (Phi) is 5.20. The van der Waals surface area contributed by atoms with Crippen molar-refractivity contribution in [3.8, 4) is 11.5 Å². The zero-order valence-electron chi connectivity index (χ0n) is 13.6. The number of nitrogens with zero attached hydrogens (tertiary/aromatic N) is 1. The molecule has 130 valence electrons. The normalized spacial score (nSPS) is 10.2. The highest BCUT2D eigenvalue weighted by Gasteiger charge is 2.16. The fourth-order valence-corrected chi connectivity index (χ4v) is 2.65. The Balaban J connectivity index is 2.03. The van der Waals surface area contributed by atoms with E-state index in [4.69, 9.17) is 11.6 Å². The summed E-state index contributed by atoms with van der Waals surface area (Å²) >= 11 is 6.03. The fraction of sp³-hybridized carbons (Fsp3) is 0. The minimum Gasteiger partial charge on any atom is -0.507 e. The number of hydrazone groups is 1. The summed E-state index contributed by atoms with van der Waals surface area (Å²) in [5, 5.41) is 24.8. The van der Waals surface area contributed by atoms with Crippen molar-refractivity contribution in [2.45, 2.75) is 0 Å². The summed E-state index contributed by atoms with van der Waals surface area (Å²) < 4.78 is 0. The molecule has 6 heteroatoms. The van der Waals surface area contributed by atoms with E-state index in [2.05, 4.69) is 10.5 Å². The maximum Gasteiger partial charge on any atom is 0.272 e. The van der Waals surface area contributed by atoms with Crippen molar-refractivity contribution >= 4 is 23.2 Å². The summed E-state index contributed by atoms with van der Waals surface area (Å²) in [4.78, 5) is 12.4. The number of carbonyl (C=O) groups is 1. The molecule has 3 rings (SSSR count). The molecule has 0 saturated carbocycles. The van der Waals surface area contributed by atoms with Gasteiger partial charge in [0, 0.05) is 11.1 Å². The van der Waals surface area contributed by atoms with Gasteiger partial charge in [-0.2, -0.15) is 5.10 Å². The second kappa shape index (κ2) is 7.72. The first-order chi connectivity index (χ1) is 12.6. The van der Waals surface area contributed by atoms with Crippen molar-refractivity contribution in [1.29, 1.82) is 0 Å². The monoisotopic (exact) mass is 366 g/mol. The van der Waals surface area contributed by atoms with Gasteiger partial charge in [0.2, 0.25) is 0 Å². The third-order valence-electron chi connectivity index (χ3n) is 3.71. The van der Waals surface area contributed by atoms with E-state index in [-0.39, 0.29) is 22.8 Å². The number of aromatic hydroxyl groups is 2. The number of phenolic OH excluding ortho intramolecular Hbond substituents is 2. The van der Waals surface area contributed by atoms with Gasteiger partial charge in [0.25, 0.3) is 5.91 Å². The molecule has 0 radical (unpaired) electrons. The van der Waals surface area contributed by atoms with E-state index in [1.807, 2.05) is 0 Å². The predicted octanol–water partition coefficient (Wildman–Crippen LogP) is 3.93. The van der Waals surface area contributed by atoms with E-state index in [1.54, 1.807) is 60.7 Å². The Hall–Kier alpha value is -3.31. The van der Waals surface area contributed by atoms with Gasteiger partial charge >= 0.3 is 0 Å². The lowest BCUT2D eigenvalue weighted by atomic mass is 10.0. The van der Waals surface area contributed by atoms with Crippen molar-refractivity contribution in [2.24, 2.45) is 5.10 Å². The molecule has 0 aliphatic heterocycles. The number of hydrogen-bond donors (Lipinski definition) is 3. The number of benzene rings is 3. The van der Waals surface area contributed by atoms with Crippen LogP contribution in [0, 0.1) is 0 Å². The van der Waals surface area contributed by atoms with Gasteiger partial charge in [0.05, 0.1) is 10.6 Å². The second-order valence-corrected chi connectivity index (χ2v) is 5.82. The molecule has 0 bridgehead atoms. The zero-order chi connectivity index (χ0) is 18.5. The van der Waals surface area contributed by atoms with Crippen LogP contribution in [0.3, 0.4) is 0 Å². The van der Waals surface area contributed by atoms with Crippen LogP contribution in [0.5, 0.6) is 11.5 Å². The number of phenols is 2. The van der Waals surface area contributed by atoms with Gasteiger partial charge in [-0.3, -0.25) is 4.79 Å². The maximum absolute atomic E-state index is 12.4. The molecule has 0 heterocycles. The van der Waals surface area contributed by atoms with Crippen molar-refractivity contribution in [3.63, 3.8) is 0 Å². The molecule has 5 nitrogen and oxygen atoms in total. The van der Waals surface area contributed by atoms with E-state index in [0.717, 1.165) is 0 Å². The zero-order valence-corrected chi connectivity index (χ0v) is 14.3. The molecular weight excluding hydrogens is 352 g/mol. The number of rotatable bonds is 4. The number of nitrogens with one attached hydrogen (secondary N) is 1. The number of para-hydroxylation sites is 2. The molecule has 0 fully saturated rings. The topological polar surface area (TPSA) is 81.9 Å². The lowest BCUT2D eigenvalue weighted by Crippen LogP contribution is -2.21. The van der Waals surface area contributed by atoms with Gasteiger partial charge in [-0.05, 0) is 36.4 Å². The maximum atomic E-state index is 12.4. The molecule has 3 aromatic carbocycles. The van der Waals surface area contributed by atoms with Gasteiger partial charge in [0.15, 0.2) is 0 Å². The smallest absolute Gasteiger partial charge is 0.272 e. The quantitative estimate of drug-likeness (QED) is 0.483. The lowest BCUT2D eigenvalue weighted by Gasteiger charge is -2.11. The minimum atomic E-state index is -0.501. The van der Waals surface area contributed by atoms with Gasteiger partial charge in [-0.1, -0.05) is 48.0 Å². The molecule has 0 aromatic heterocycles. The van der Waals surface area contributed by atoms with Crippen molar-refractivity contribution in [1.82, 2.24) is 5.43 Å². The molecule has 0 unspecified atom stereocenters. The molecule has 26 heavy (non-hydrogen) atoms. The molecule has 3 aromatic rings. The molecule has 0 aliphatic rings. The van der Waals surface area contributed by atoms with Crippen molar-refractivity contribution in [2.75, 3.05) is 0 Å². The first-order valence-electron chi connectivity index (χ1n) is 7.77. The number of amides is 1. The Bertz CT molecular complexity index is 939. The van der Waals surface area contributed by atoms with E-state index in [9.17, 15) is 15.0 Å². The van der Waals surface area contributed by atoms with Crippen LogP contribution in [0.15, 0.2) is 77.9 Å². The van der Waals surface area contributed by atoms with Crippen LogP contribution in [0.4, 0.5) is 0 Å². The molecule has 0 saturated heterocycles. The number of carbonyl (C=O) groups excluding carboxylic acids is 1. The van der Waals surface area contributed by atoms with E-state index in [0.29, 0.717) is 16.1 Å². The summed E-state index contributed by atoms with van der Waals surface area (Å²) in [5.41, 5.74) is 3.67. The van der Waals surface area contributed by atoms with Gasteiger partial charge in [-0.25, -0.2) is 5.43 Å². The van der Waals surface area contributed by atoms with Crippen molar-refractivity contribution in [3.05, 3.63) is 94.5 Å². The van der Waals surface area contributed by atoms with Gasteiger partial charge < -0.3 is 10.2 Å². The van der Waals surface area contributed by atoms with Crippen LogP contribution in [0.2, 0.25) is 5.02 Å². The molecule has 0 atom stereocenters. The van der Waals surface area contributed by atoms with Gasteiger partial charge in [-0.15, -0.1) is 0 Å². The van der Waals surface area contributed by atoms with Crippen LogP contribution < -0.4 is 5.43 Å². The largest absolute Gasteiger partial charge is 0.507 e. The first kappa shape index (κ1) is 17.5. The Morgan fingerprint density at radius 1 is 0.769 bits per heavy atom. The second-order valence-electron chi connectivity index (χ2n) is 5.42. The highest BCUT2D eigenvalue weighted by molar-refractivity contribution is 6.33. The number of hydrogen-bond acceptors (Lipinski definition) is 4. The van der Waals surface area contributed by atoms with Crippen LogP contribution in [-0.4, -0.2) is 21.8 Å². The van der Waals surface area contributed by atoms with Crippen LogP contribution >= 0.6 is 11.6 Å². The highest BCUT2D eigenvalue weighted by Crippen LogP contribution is 2.25. The Morgan fingerprint density at radius 3 is 1.73 bits per heavy atom. The average Bonchev–Trinajstić information content (AvgIpc) is 2.64. The Labute approximate surface area is 155 Å². The molecular formula is C20H15ClN2O3. The van der Waals surface area contributed by atoms with Crippen LogP contribution in [-0.2, 0) is 0 Å². The SMILES string of the molecule is O=C(NN=C(c1ccccc1O)c1ccccc1O)c1ccccc1Cl. The molecule has 1 amide bonds. The lowest BCUT2D eigenvalue weighted by molar-refractivity contribution is 0.0955. The molecule has 0 spiro atoms. The number of halogens is 1. The van der Waals surface area contributed by atoms with Crippen LogP contribution in [0.1, 0.15) is 21.5 Å². The minimum absolute atomic E-state index is 0.0264. The summed E-state index contributed by atoms with van der Waals surface area (Å²) in [6.45, 7) is 0. The Morgan fingerprint density at radius 2 is 1.23 bits per heavy atom.